The lowest BCUT2D eigenvalue weighted by molar-refractivity contribution is 0.0518. The molecule has 5 nitrogen and oxygen atoms in total. The Hall–Kier alpha value is -1.59. The number of hydrogen-bond acceptors (Lipinski definition) is 5. The lowest BCUT2D eigenvalue weighted by Crippen LogP contribution is -2.04. The van der Waals surface area contributed by atoms with Crippen LogP contribution in [0.25, 0.3) is 11.5 Å². The van der Waals surface area contributed by atoms with Gasteiger partial charge in [0.05, 0.1) is 10.6 Å². The predicted molar refractivity (Wildman–Crippen MR) is 73.8 cm³/mol. The molecule has 0 saturated heterocycles. The smallest absolute Gasteiger partial charge is 0.259 e. The van der Waals surface area contributed by atoms with Gasteiger partial charge in [-0.25, -0.2) is 0 Å². The van der Waals surface area contributed by atoms with Gasteiger partial charge in [-0.15, -0.1) is 0 Å². The maximum atomic E-state index is 6.11. The summed E-state index contributed by atoms with van der Waals surface area (Å²) in [7, 11) is 0. The molecule has 1 unspecified atom stereocenters. The number of nitrogens with zero attached hydrogens (tertiary/aromatic N) is 2. The molecule has 6 heteroatoms. The van der Waals surface area contributed by atoms with E-state index in [9.17, 15) is 0 Å². The van der Waals surface area contributed by atoms with Crippen LogP contribution in [0.3, 0.4) is 0 Å². The van der Waals surface area contributed by atoms with Gasteiger partial charge in [0.25, 0.3) is 5.89 Å². The number of hydrogen-bond donors (Lipinski definition) is 1. The number of ether oxygens (including phenoxy) is 1. The normalized spacial score (nSPS) is 12.6. The molecule has 0 radical (unpaired) electrons. The van der Waals surface area contributed by atoms with Crippen molar-refractivity contribution in [2.45, 2.75) is 26.4 Å². The number of halogens is 1. The fourth-order valence-electron chi connectivity index (χ4n) is 1.76. The highest BCUT2D eigenvalue weighted by Gasteiger charge is 2.18. The topological polar surface area (TPSA) is 74.2 Å². The molecule has 0 bridgehead atoms. The molecule has 0 aliphatic carbocycles. The van der Waals surface area contributed by atoms with Gasteiger partial charge in [0, 0.05) is 12.3 Å². The van der Waals surface area contributed by atoms with Crippen LogP contribution in [-0.4, -0.2) is 16.7 Å². The van der Waals surface area contributed by atoms with E-state index < -0.39 is 0 Å². The van der Waals surface area contributed by atoms with Crippen LogP contribution >= 0.6 is 11.6 Å². The Morgan fingerprint density at radius 3 is 2.84 bits per heavy atom. The first-order valence-corrected chi connectivity index (χ1v) is 6.54. The molecule has 0 spiro atoms. The summed E-state index contributed by atoms with van der Waals surface area (Å²) in [5.74, 6) is 0.908. The van der Waals surface area contributed by atoms with E-state index in [1.54, 1.807) is 18.2 Å². The number of nitrogens with two attached hydrogens (primary N) is 1. The highest BCUT2D eigenvalue weighted by atomic mass is 35.5. The summed E-state index contributed by atoms with van der Waals surface area (Å²) in [5, 5.41) is 4.43. The Balaban J connectivity index is 2.29. The molecule has 1 heterocycles. The number of benzene rings is 1. The van der Waals surface area contributed by atoms with E-state index in [4.69, 9.17) is 26.6 Å². The van der Waals surface area contributed by atoms with Gasteiger partial charge in [-0.05, 0) is 31.5 Å². The van der Waals surface area contributed by atoms with E-state index in [0.717, 1.165) is 6.42 Å². The van der Waals surface area contributed by atoms with Gasteiger partial charge in [-0.3, -0.25) is 0 Å². The largest absolute Gasteiger partial charge is 0.399 e. The molecule has 19 heavy (non-hydrogen) atoms. The molecule has 1 aromatic heterocycles. The molecular weight excluding hydrogens is 266 g/mol. The number of nitrogen functional groups attached to an aromatic ring is 1. The van der Waals surface area contributed by atoms with E-state index in [-0.39, 0.29) is 6.10 Å². The van der Waals surface area contributed by atoms with Crippen molar-refractivity contribution < 1.29 is 9.26 Å². The van der Waals surface area contributed by atoms with Crippen molar-refractivity contribution in [2.75, 3.05) is 12.3 Å². The van der Waals surface area contributed by atoms with E-state index in [1.807, 2.05) is 13.8 Å². The van der Waals surface area contributed by atoms with Crippen molar-refractivity contribution in [2.24, 2.45) is 0 Å². The van der Waals surface area contributed by atoms with Crippen molar-refractivity contribution >= 4 is 17.3 Å². The minimum Gasteiger partial charge on any atom is -0.399 e. The van der Waals surface area contributed by atoms with Gasteiger partial charge in [-0.2, -0.15) is 4.98 Å². The fourth-order valence-corrected chi connectivity index (χ4v) is 2.03. The molecule has 0 saturated carbocycles. The summed E-state index contributed by atoms with van der Waals surface area (Å²) < 4.78 is 10.8. The number of anilines is 1. The highest BCUT2D eigenvalue weighted by Crippen LogP contribution is 2.29. The van der Waals surface area contributed by atoms with Crippen LogP contribution in [0.15, 0.2) is 22.7 Å². The second-order valence-corrected chi connectivity index (χ2v) is 4.46. The molecule has 102 valence electrons. The molecule has 2 rings (SSSR count). The maximum Gasteiger partial charge on any atom is 0.259 e. The van der Waals surface area contributed by atoms with E-state index >= 15 is 0 Å². The second-order valence-electron chi connectivity index (χ2n) is 4.05. The zero-order chi connectivity index (χ0) is 13.8. The monoisotopic (exact) mass is 281 g/mol. The first-order valence-electron chi connectivity index (χ1n) is 6.16. The highest BCUT2D eigenvalue weighted by molar-refractivity contribution is 6.33. The van der Waals surface area contributed by atoms with Crippen LogP contribution in [0.4, 0.5) is 5.69 Å². The fraction of sp³-hybridized carbons (Fsp3) is 0.385. The van der Waals surface area contributed by atoms with Gasteiger partial charge >= 0.3 is 0 Å². The van der Waals surface area contributed by atoms with Crippen LogP contribution in [0, 0.1) is 0 Å². The molecule has 1 aromatic carbocycles. The molecule has 0 fully saturated rings. The molecule has 1 atom stereocenters. The van der Waals surface area contributed by atoms with Gasteiger partial charge in [-0.1, -0.05) is 23.7 Å². The van der Waals surface area contributed by atoms with E-state index in [2.05, 4.69) is 10.1 Å². The summed E-state index contributed by atoms with van der Waals surface area (Å²) in [5.41, 5.74) is 6.91. The number of rotatable bonds is 5. The average Bonchev–Trinajstić information content (AvgIpc) is 2.85. The molecule has 2 aromatic rings. The second kappa shape index (κ2) is 6.04. The zero-order valence-electron chi connectivity index (χ0n) is 10.9. The molecule has 0 aliphatic rings. The van der Waals surface area contributed by atoms with Crippen molar-refractivity contribution in [1.29, 1.82) is 0 Å². The third kappa shape index (κ3) is 3.05. The Bertz CT molecular complexity index is 557. The molecule has 2 N–H and O–H groups in total. The summed E-state index contributed by atoms with van der Waals surface area (Å²) in [6, 6.07) is 5.15. The molecule has 0 aliphatic heterocycles. The Labute approximate surface area is 116 Å². The van der Waals surface area contributed by atoms with Crippen LogP contribution < -0.4 is 5.73 Å². The Morgan fingerprint density at radius 1 is 1.42 bits per heavy atom. The maximum absolute atomic E-state index is 6.11. The van der Waals surface area contributed by atoms with E-state index in [0.29, 0.717) is 34.6 Å². The molecular formula is C13H16ClN3O2. The van der Waals surface area contributed by atoms with Crippen LogP contribution in [0.1, 0.15) is 32.2 Å². The zero-order valence-corrected chi connectivity index (χ0v) is 11.6. The minimum absolute atomic E-state index is 0.157. The third-order valence-electron chi connectivity index (χ3n) is 2.69. The van der Waals surface area contributed by atoms with Crippen molar-refractivity contribution in [3.05, 3.63) is 29.0 Å². The minimum atomic E-state index is -0.157. The summed E-state index contributed by atoms with van der Waals surface area (Å²) in [6.07, 6.45) is 0.623. The standard InChI is InChI=1S/C13H16ClN3O2/c1-3-11(18-4-2)12-16-13(19-17-12)9-6-5-8(15)7-10(9)14/h5-7,11H,3-4,15H2,1-2H3. The van der Waals surface area contributed by atoms with Crippen molar-refractivity contribution in [3.63, 3.8) is 0 Å². The SMILES string of the molecule is CCOC(CC)c1noc(-c2ccc(N)cc2Cl)n1. The van der Waals surface area contributed by atoms with Gasteiger partial charge < -0.3 is 15.0 Å². The summed E-state index contributed by atoms with van der Waals surface area (Å²) in [6.45, 7) is 4.54. The Morgan fingerprint density at radius 2 is 2.21 bits per heavy atom. The average molecular weight is 282 g/mol. The first-order chi connectivity index (χ1) is 9.15. The first kappa shape index (κ1) is 13.8. The lowest BCUT2D eigenvalue weighted by Gasteiger charge is -2.09. The Kier molecular flexibility index (Phi) is 4.39. The third-order valence-corrected chi connectivity index (χ3v) is 3.00. The van der Waals surface area contributed by atoms with Crippen LogP contribution in [0.2, 0.25) is 5.02 Å². The van der Waals surface area contributed by atoms with Gasteiger partial charge in [0.15, 0.2) is 0 Å². The van der Waals surface area contributed by atoms with Gasteiger partial charge in [0.1, 0.15) is 6.10 Å². The van der Waals surface area contributed by atoms with Crippen molar-refractivity contribution in [3.8, 4) is 11.5 Å². The van der Waals surface area contributed by atoms with E-state index in [1.165, 1.54) is 0 Å². The van der Waals surface area contributed by atoms with Gasteiger partial charge in [0.2, 0.25) is 5.82 Å². The van der Waals surface area contributed by atoms with Crippen LogP contribution in [0.5, 0.6) is 0 Å². The molecule has 0 amide bonds. The lowest BCUT2D eigenvalue weighted by atomic mass is 10.2. The van der Waals surface area contributed by atoms with Crippen molar-refractivity contribution in [1.82, 2.24) is 10.1 Å². The van der Waals surface area contributed by atoms with Crippen LogP contribution in [-0.2, 0) is 4.74 Å². The summed E-state index contributed by atoms with van der Waals surface area (Å²) >= 11 is 6.11. The number of aromatic nitrogens is 2. The predicted octanol–water partition coefficient (Wildman–Crippen LogP) is 3.46. The summed E-state index contributed by atoms with van der Waals surface area (Å²) in [4.78, 5) is 4.33. The quantitative estimate of drug-likeness (QED) is 0.850.